The van der Waals surface area contributed by atoms with E-state index < -0.39 is 35.9 Å². The Morgan fingerprint density at radius 1 is 1.12 bits per heavy atom. The van der Waals surface area contributed by atoms with Crippen LogP contribution in [0.4, 0.5) is 0 Å². The Morgan fingerprint density at radius 2 is 1.80 bits per heavy atom. The summed E-state index contributed by atoms with van der Waals surface area (Å²) < 4.78 is 0. The van der Waals surface area contributed by atoms with E-state index in [1.54, 1.807) is 30.3 Å². The normalized spacial score (nSPS) is 11.6. The molecular weight excluding hydrogens is 330 g/mol. The number of pyridine rings is 1. The van der Waals surface area contributed by atoms with Gasteiger partial charge in [-0.25, -0.2) is 10.5 Å². The van der Waals surface area contributed by atoms with E-state index in [-0.39, 0.29) is 17.7 Å². The molecule has 0 unspecified atom stereocenters. The number of nitrogens with zero attached hydrogens (tertiary/aromatic N) is 1. The molecule has 0 bridgehead atoms. The van der Waals surface area contributed by atoms with Crippen LogP contribution in [0.3, 0.4) is 0 Å². The summed E-state index contributed by atoms with van der Waals surface area (Å²) in [6.45, 7) is -1.10. The van der Waals surface area contributed by atoms with Gasteiger partial charge in [-0.3, -0.25) is 14.8 Å². The van der Waals surface area contributed by atoms with Crippen LogP contribution in [0.2, 0.25) is 0 Å². The van der Waals surface area contributed by atoms with Gasteiger partial charge in [-0.15, -0.1) is 0 Å². The highest BCUT2D eigenvalue weighted by Gasteiger charge is 2.23. The van der Waals surface area contributed by atoms with Crippen LogP contribution in [0.15, 0.2) is 36.5 Å². The Hall–Kier alpha value is -3.01. The molecule has 1 aromatic heterocycles. The molecule has 1 aromatic carbocycles. The van der Waals surface area contributed by atoms with Gasteiger partial charge in [0, 0.05) is 11.8 Å². The van der Waals surface area contributed by atoms with Crippen molar-refractivity contribution in [1.82, 2.24) is 15.8 Å². The second-order valence-corrected chi connectivity index (χ2v) is 5.07. The first-order valence-electron chi connectivity index (χ1n) is 7.26. The topological polar surface area (TPSA) is 152 Å². The third-order valence-corrected chi connectivity index (χ3v) is 3.57. The van der Waals surface area contributed by atoms with E-state index in [2.05, 4.69) is 10.3 Å². The van der Waals surface area contributed by atoms with Gasteiger partial charge in [0.15, 0.2) is 11.4 Å². The molecule has 25 heavy (non-hydrogen) atoms. The lowest BCUT2D eigenvalue weighted by Crippen LogP contribution is -2.32. The highest BCUT2D eigenvalue weighted by atomic mass is 16.5. The number of aromatic hydroxyl groups is 1. The summed E-state index contributed by atoms with van der Waals surface area (Å²) in [6, 6.07) is 8.02. The number of nitrogens with one attached hydrogen (secondary N) is 2. The number of aliphatic hydroxyl groups is 2. The molecule has 0 fully saturated rings. The molecule has 9 nitrogen and oxygen atoms in total. The van der Waals surface area contributed by atoms with Crippen LogP contribution in [0.25, 0.3) is 0 Å². The van der Waals surface area contributed by atoms with E-state index in [0.29, 0.717) is 5.56 Å². The third-order valence-electron chi connectivity index (χ3n) is 3.57. The number of carbonyl (C=O) groups excluding carboxylic acids is 2. The van der Waals surface area contributed by atoms with Crippen LogP contribution in [0.5, 0.6) is 5.75 Å². The lowest BCUT2D eigenvalue weighted by molar-refractivity contribution is 0.0696. The number of hydrogen-bond acceptors (Lipinski definition) is 7. The van der Waals surface area contributed by atoms with Gasteiger partial charge in [-0.1, -0.05) is 30.3 Å². The monoisotopic (exact) mass is 347 g/mol. The zero-order valence-corrected chi connectivity index (χ0v) is 13.0. The van der Waals surface area contributed by atoms with Crippen LogP contribution in [0, 0.1) is 0 Å². The number of hydrogen-bond donors (Lipinski definition) is 6. The van der Waals surface area contributed by atoms with Gasteiger partial charge in [0.25, 0.3) is 11.8 Å². The molecule has 9 heteroatoms. The van der Waals surface area contributed by atoms with Crippen molar-refractivity contribution in [3.8, 4) is 5.75 Å². The number of carbonyl (C=O) groups is 2. The van der Waals surface area contributed by atoms with Crippen molar-refractivity contribution < 1.29 is 30.1 Å². The predicted octanol–water partition coefficient (Wildman–Crippen LogP) is -0.138. The average molecular weight is 347 g/mol. The third kappa shape index (κ3) is 3.91. The molecule has 0 saturated carbocycles. The summed E-state index contributed by atoms with van der Waals surface area (Å²) in [5.41, 5.74) is 1.05. The fraction of sp³-hybridized carbons (Fsp3) is 0.188. The van der Waals surface area contributed by atoms with E-state index in [1.807, 2.05) is 0 Å². The van der Waals surface area contributed by atoms with Crippen molar-refractivity contribution in [2.75, 3.05) is 6.61 Å². The van der Waals surface area contributed by atoms with Gasteiger partial charge in [0.1, 0.15) is 0 Å². The minimum Gasteiger partial charge on any atom is -0.505 e. The van der Waals surface area contributed by atoms with Gasteiger partial charge in [-0.2, -0.15) is 0 Å². The Labute approximate surface area is 142 Å². The smallest absolute Gasteiger partial charge is 0.297 e. The van der Waals surface area contributed by atoms with Crippen molar-refractivity contribution >= 4 is 11.8 Å². The number of aromatic nitrogens is 1. The van der Waals surface area contributed by atoms with Gasteiger partial charge < -0.3 is 20.6 Å². The van der Waals surface area contributed by atoms with E-state index >= 15 is 0 Å². The van der Waals surface area contributed by atoms with Gasteiger partial charge in [0.2, 0.25) is 0 Å². The maximum Gasteiger partial charge on any atom is 0.297 e. The number of benzene rings is 1. The van der Waals surface area contributed by atoms with Crippen molar-refractivity contribution in [2.45, 2.75) is 12.6 Å². The van der Waals surface area contributed by atoms with Crippen molar-refractivity contribution in [3.63, 3.8) is 0 Å². The second-order valence-electron chi connectivity index (χ2n) is 5.07. The highest BCUT2D eigenvalue weighted by Crippen LogP contribution is 2.25. The Morgan fingerprint density at radius 3 is 2.36 bits per heavy atom. The van der Waals surface area contributed by atoms with Crippen LogP contribution in [-0.4, -0.2) is 43.9 Å². The van der Waals surface area contributed by atoms with Gasteiger partial charge >= 0.3 is 0 Å². The molecule has 0 aliphatic rings. The molecule has 0 radical (unpaired) electrons. The zero-order valence-electron chi connectivity index (χ0n) is 13.0. The lowest BCUT2D eigenvalue weighted by atomic mass is 10.0. The van der Waals surface area contributed by atoms with E-state index in [4.69, 9.17) is 5.21 Å². The van der Waals surface area contributed by atoms with Crippen molar-refractivity contribution in [3.05, 3.63) is 58.9 Å². The van der Waals surface area contributed by atoms with Crippen molar-refractivity contribution in [2.24, 2.45) is 0 Å². The maximum atomic E-state index is 12.4. The fourth-order valence-corrected chi connectivity index (χ4v) is 2.27. The minimum atomic E-state index is -1.09. The summed E-state index contributed by atoms with van der Waals surface area (Å²) >= 11 is 0. The molecule has 0 aliphatic heterocycles. The van der Waals surface area contributed by atoms with E-state index in [1.165, 1.54) is 5.48 Å². The Kier molecular flexibility index (Phi) is 6.01. The SMILES string of the molecule is O=C(N[C@H](CO)c1ccccc1)c1cnc(C(=O)NO)c(O)c1CO. The van der Waals surface area contributed by atoms with E-state index in [9.17, 15) is 24.9 Å². The van der Waals surface area contributed by atoms with Gasteiger partial charge in [0.05, 0.1) is 24.8 Å². The molecule has 2 aromatic rings. The molecule has 0 saturated heterocycles. The molecule has 0 aliphatic carbocycles. The lowest BCUT2D eigenvalue weighted by Gasteiger charge is -2.18. The molecule has 2 amide bonds. The summed E-state index contributed by atoms with van der Waals surface area (Å²) in [4.78, 5) is 27.5. The predicted molar refractivity (Wildman–Crippen MR) is 84.8 cm³/mol. The summed E-state index contributed by atoms with van der Waals surface area (Å²) in [6.07, 6.45) is 0.991. The molecule has 0 spiro atoms. The maximum absolute atomic E-state index is 12.4. The number of amides is 2. The first-order chi connectivity index (χ1) is 12.0. The van der Waals surface area contributed by atoms with Crippen LogP contribution >= 0.6 is 0 Å². The Bertz CT molecular complexity index is 766. The quantitative estimate of drug-likeness (QED) is 0.314. The second kappa shape index (κ2) is 8.20. The molecule has 2 rings (SSSR count). The van der Waals surface area contributed by atoms with E-state index in [0.717, 1.165) is 6.20 Å². The molecule has 1 atom stereocenters. The molecular formula is C16H17N3O6. The number of hydroxylamine groups is 1. The van der Waals surface area contributed by atoms with Gasteiger partial charge in [-0.05, 0) is 5.56 Å². The Balaban J connectivity index is 2.32. The summed E-state index contributed by atoms with van der Waals surface area (Å²) in [5, 5.41) is 40.1. The number of aliphatic hydroxyl groups excluding tert-OH is 2. The van der Waals surface area contributed by atoms with Crippen LogP contribution in [0.1, 0.15) is 38.0 Å². The first kappa shape index (κ1) is 18.3. The molecule has 6 N–H and O–H groups in total. The standard InChI is InChI=1S/C16H17N3O6/c20-7-11-10(6-17-13(14(11)22)16(24)19-25)15(23)18-12(8-21)9-4-2-1-3-5-9/h1-6,12,20-22,25H,7-8H2,(H,18,23)(H,19,24)/t12-/m1/s1. The zero-order chi connectivity index (χ0) is 18.4. The summed E-state index contributed by atoms with van der Waals surface area (Å²) in [5.74, 6) is -2.51. The molecule has 1 heterocycles. The number of rotatable bonds is 6. The van der Waals surface area contributed by atoms with Crippen molar-refractivity contribution in [1.29, 1.82) is 0 Å². The fourth-order valence-electron chi connectivity index (χ4n) is 2.27. The van der Waals surface area contributed by atoms with Crippen LogP contribution < -0.4 is 10.8 Å². The minimum absolute atomic E-state index is 0.163. The largest absolute Gasteiger partial charge is 0.505 e. The first-order valence-corrected chi connectivity index (χ1v) is 7.26. The van der Waals surface area contributed by atoms with Crippen LogP contribution in [-0.2, 0) is 6.61 Å². The molecule has 132 valence electrons. The average Bonchev–Trinajstić information content (AvgIpc) is 2.65. The highest BCUT2D eigenvalue weighted by molar-refractivity contribution is 5.99. The summed E-state index contributed by atoms with van der Waals surface area (Å²) in [7, 11) is 0.